The minimum atomic E-state index is -1.19. The van der Waals surface area contributed by atoms with Crippen LogP contribution in [0, 0.1) is 0 Å². The van der Waals surface area contributed by atoms with Crippen LogP contribution in [0.2, 0.25) is 0 Å². The van der Waals surface area contributed by atoms with Gasteiger partial charge in [-0.1, -0.05) is 25.8 Å². The van der Waals surface area contributed by atoms with Crippen molar-refractivity contribution in [3.05, 3.63) is 36.8 Å². The first-order valence-corrected chi connectivity index (χ1v) is 8.46. The average molecular weight is 355 g/mol. The number of fused-ring (bicyclic) bond motifs is 1. The van der Waals surface area contributed by atoms with Crippen LogP contribution in [-0.2, 0) is 0 Å². The Morgan fingerprint density at radius 3 is 2.92 bits per heavy atom. The fourth-order valence-corrected chi connectivity index (χ4v) is 2.56. The van der Waals surface area contributed by atoms with Crippen molar-refractivity contribution in [3.8, 4) is 0 Å². The first-order valence-electron chi connectivity index (χ1n) is 8.46. The molecule has 136 valence electrons. The summed E-state index contributed by atoms with van der Waals surface area (Å²) in [6.45, 7) is 3.04. The number of amides is 1. The quantitative estimate of drug-likeness (QED) is 0.361. The topological polar surface area (TPSA) is 119 Å². The number of hydrazine groups is 1. The zero-order valence-electron chi connectivity index (χ0n) is 14.4. The summed E-state index contributed by atoms with van der Waals surface area (Å²) in [5.41, 5.74) is 4.90. The molecule has 0 aliphatic heterocycles. The monoisotopic (exact) mass is 355 g/mol. The minimum Gasteiger partial charge on any atom is -0.463 e. The van der Waals surface area contributed by atoms with E-state index in [0.717, 1.165) is 30.1 Å². The van der Waals surface area contributed by atoms with Gasteiger partial charge in [-0.2, -0.15) is 10.1 Å². The van der Waals surface area contributed by atoms with Gasteiger partial charge in [-0.15, -0.1) is 0 Å². The van der Waals surface area contributed by atoms with Crippen molar-refractivity contribution in [3.63, 3.8) is 0 Å². The van der Waals surface area contributed by atoms with Gasteiger partial charge in [-0.25, -0.2) is 14.8 Å². The van der Waals surface area contributed by atoms with E-state index in [1.165, 1.54) is 18.9 Å². The lowest BCUT2D eigenvalue weighted by atomic mass is 10.2. The van der Waals surface area contributed by atoms with Crippen molar-refractivity contribution in [2.45, 2.75) is 26.2 Å². The van der Waals surface area contributed by atoms with Crippen molar-refractivity contribution >= 4 is 34.3 Å². The van der Waals surface area contributed by atoms with Crippen LogP contribution in [0.25, 0.3) is 11.0 Å². The van der Waals surface area contributed by atoms with Gasteiger partial charge in [0, 0.05) is 12.2 Å². The molecular formula is C17H21N7O2. The molecule has 4 N–H and O–H groups in total. The number of aromatic amines is 1. The van der Waals surface area contributed by atoms with E-state index < -0.39 is 6.09 Å². The van der Waals surface area contributed by atoms with E-state index >= 15 is 0 Å². The number of carbonyl (C=O) groups is 1. The highest BCUT2D eigenvalue weighted by Gasteiger charge is 2.20. The molecule has 0 fully saturated rings. The lowest BCUT2D eigenvalue weighted by molar-refractivity contribution is 0.203. The Labute approximate surface area is 150 Å². The predicted octanol–water partition coefficient (Wildman–Crippen LogP) is 3.47. The smallest absolute Gasteiger partial charge is 0.432 e. The number of nitrogens with zero attached hydrogens (tertiary/aromatic N) is 4. The third-order valence-corrected chi connectivity index (χ3v) is 3.84. The number of rotatable bonds is 8. The van der Waals surface area contributed by atoms with Gasteiger partial charge in [-0.05, 0) is 24.6 Å². The first kappa shape index (κ1) is 17.5. The van der Waals surface area contributed by atoms with Gasteiger partial charge in [0.15, 0.2) is 11.5 Å². The van der Waals surface area contributed by atoms with Crippen LogP contribution >= 0.6 is 0 Å². The molecule has 0 unspecified atom stereocenters. The molecule has 3 rings (SSSR count). The Morgan fingerprint density at radius 2 is 2.12 bits per heavy atom. The van der Waals surface area contributed by atoms with Crippen molar-refractivity contribution in [1.82, 2.24) is 20.2 Å². The molecule has 9 nitrogen and oxygen atoms in total. The van der Waals surface area contributed by atoms with Crippen LogP contribution in [0.15, 0.2) is 36.8 Å². The summed E-state index contributed by atoms with van der Waals surface area (Å²) in [6, 6.07) is 7.45. The molecule has 9 heteroatoms. The predicted molar refractivity (Wildman–Crippen MR) is 100 cm³/mol. The van der Waals surface area contributed by atoms with Crippen molar-refractivity contribution in [2.75, 3.05) is 22.3 Å². The van der Waals surface area contributed by atoms with Gasteiger partial charge < -0.3 is 10.4 Å². The van der Waals surface area contributed by atoms with Gasteiger partial charge >= 0.3 is 6.09 Å². The maximum Gasteiger partial charge on any atom is 0.432 e. The summed E-state index contributed by atoms with van der Waals surface area (Å²) in [7, 11) is 0. The van der Waals surface area contributed by atoms with Crippen molar-refractivity contribution in [1.29, 1.82) is 0 Å². The van der Waals surface area contributed by atoms with E-state index in [2.05, 4.69) is 37.8 Å². The zero-order valence-corrected chi connectivity index (χ0v) is 14.4. The molecule has 3 aromatic rings. The first-order chi connectivity index (χ1) is 12.7. The van der Waals surface area contributed by atoms with Crippen molar-refractivity contribution in [2.24, 2.45) is 0 Å². The second-order valence-corrected chi connectivity index (χ2v) is 5.77. The van der Waals surface area contributed by atoms with E-state index in [9.17, 15) is 9.90 Å². The Balaban J connectivity index is 1.79. The number of carboxylic acid groups (broad SMARTS) is 1. The lowest BCUT2D eigenvalue weighted by Crippen LogP contribution is -2.35. The van der Waals surface area contributed by atoms with E-state index in [1.54, 1.807) is 6.07 Å². The zero-order chi connectivity index (χ0) is 18.4. The number of benzene rings is 1. The summed E-state index contributed by atoms with van der Waals surface area (Å²) >= 11 is 0. The summed E-state index contributed by atoms with van der Waals surface area (Å²) in [4.78, 5) is 19.9. The second kappa shape index (κ2) is 8.15. The van der Waals surface area contributed by atoms with Crippen LogP contribution in [0.4, 0.5) is 22.0 Å². The fourth-order valence-electron chi connectivity index (χ4n) is 2.56. The highest BCUT2D eigenvalue weighted by molar-refractivity contribution is 5.97. The summed E-state index contributed by atoms with van der Waals surface area (Å²) in [5, 5.41) is 21.0. The van der Waals surface area contributed by atoms with Crippen molar-refractivity contribution < 1.29 is 9.90 Å². The fraction of sp³-hybridized carbons (Fsp3) is 0.294. The molecule has 0 bridgehead atoms. The molecule has 1 aromatic carbocycles. The molecule has 0 aliphatic rings. The minimum absolute atomic E-state index is 0.206. The normalized spacial score (nSPS) is 10.7. The molecule has 2 heterocycles. The number of aromatic nitrogens is 4. The molecule has 0 radical (unpaired) electrons. The molecule has 0 spiro atoms. The van der Waals surface area contributed by atoms with Gasteiger partial charge in [0.2, 0.25) is 0 Å². The second-order valence-electron chi connectivity index (χ2n) is 5.77. The third-order valence-electron chi connectivity index (χ3n) is 3.84. The van der Waals surface area contributed by atoms with Gasteiger partial charge in [-0.3, -0.25) is 10.5 Å². The number of nitrogens with one attached hydrogen (secondary N) is 3. The van der Waals surface area contributed by atoms with Gasteiger partial charge in [0.05, 0.1) is 17.3 Å². The highest BCUT2D eigenvalue weighted by atomic mass is 16.4. The third kappa shape index (κ3) is 4.00. The van der Waals surface area contributed by atoms with Gasteiger partial charge in [0.25, 0.3) is 0 Å². The van der Waals surface area contributed by atoms with Crippen LogP contribution < -0.4 is 15.8 Å². The largest absolute Gasteiger partial charge is 0.463 e. The molecule has 2 aromatic heterocycles. The number of hydrogen-bond donors (Lipinski definition) is 4. The molecular weight excluding hydrogens is 334 g/mol. The highest BCUT2D eigenvalue weighted by Crippen LogP contribution is 2.23. The Hall–Kier alpha value is -3.36. The molecule has 0 saturated carbocycles. The standard InChI is InChI=1S/C17H21N7O2/c1-2-3-4-8-18-12-6-5-7-13(9-12)23-24(17(25)26)16-14-10-21-22-15(14)19-11-20-16/h5-7,9-11,18,23H,2-4,8H2,1H3,(H,25,26)(H,19,20,21,22). The maximum atomic E-state index is 11.8. The SMILES string of the molecule is CCCCCNc1cccc(NN(C(=O)O)c2ncnc3[nH]ncc23)c1. The summed E-state index contributed by atoms with van der Waals surface area (Å²) < 4.78 is 0. The van der Waals surface area contributed by atoms with E-state index in [-0.39, 0.29) is 5.82 Å². The number of anilines is 3. The van der Waals surface area contributed by atoms with Crippen LogP contribution in [0.1, 0.15) is 26.2 Å². The van der Waals surface area contributed by atoms with Crippen LogP contribution in [0.3, 0.4) is 0 Å². The van der Waals surface area contributed by atoms with E-state index in [1.807, 2.05) is 18.2 Å². The molecule has 26 heavy (non-hydrogen) atoms. The lowest BCUT2D eigenvalue weighted by Gasteiger charge is -2.21. The summed E-state index contributed by atoms with van der Waals surface area (Å²) in [5.74, 6) is 0.206. The molecule has 0 saturated heterocycles. The van der Waals surface area contributed by atoms with Gasteiger partial charge in [0.1, 0.15) is 6.33 Å². The average Bonchev–Trinajstić information content (AvgIpc) is 3.12. The summed E-state index contributed by atoms with van der Waals surface area (Å²) in [6.07, 6.45) is 5.03. The Kier molecular flexibility index (Phi) is 5.47. The molecule has 0 aliphatic carbocycles. The Morgan fingerprint density at radius 1 is 1.27 bits per heavy atom. The maximum absolute atomic E-state index is 11.8. The van der Waals surface area contributed by atoms with Crippen LogP contribution in [0.5, 0.6) is 0 Å². The van der Waals surface area contributed by atoms with E-state index in [4.69, 9.17) is 0 Å². The van der Waals surface area contributed by atoms with Crippen LogP contribution in [-0.4, -0.2) is 37.9 Å². The number of hydrogen-bond acceptors (Lipinski definition) is 6. The molecule has 1 amide bonds. The number of H-pyrrole nitrogens is 1. The molecule has 0 atom stereocenters. The van der Waals surface area contributed by atoms with E-state index in [0.29, 0.717) is 16.7 Å². The Bertz CT molecular complexity index is 880. The number of unbranched alkanes of at least 4 members (excludes halogenated alkanes) is 2.